The summed E-state index contributed by atoms with van der Waals surface area (Å²) in [5.41, 5.74) is 1.39. The van der Waals surface area contributed by atoms with Crippen LogP contribution < -0.4 is 10.1 Å². The van der Waals surface area contributed by atoms with Crippen molar-refractivity contribution in [3.05, 3.63) is 70.2 Å². The Hall–Kier alpha value is -2.86. The van der Waals surface area contributed by atoms with Crippen LogP contribution >= 0.6 is 15.9 Å². The van der Waals surface area contributed by atoms with E-state index in [1.54, 1.807) is 30.3 Å². The zero-order chi connectivity index (χ0) is 18.7. The minimum atomic E-state index is -0.428. The van der Waals surface area contributed by atoms with Gasteiger partial charge in [-0.15, -0.1) is 0 Å². The van der Waals surface area contributed by atoms with Gasteiger partial charge >= 0.3 is 5.97 Å². The second kappa shape index (κ2) is 7.58. The van der Waals surface area contributed by atoms with E-state index < -0.39 is 5.97 Å². The SMILES string of the molecule is COC(=O)c1ccc(NC(=O)c2cc3ccccc3c(Br)c2OC)cc1. The van der Waals surface area contributed by atoms with Gasteiger partial charge in [-0.2, -0.15) is 0 Å². The average Bonchev–Trinajstić information content (AvgIpc) is 2.68. The van der Waals surface area contributed by atoms with E-state index in [9.17, 15) is 9.59 Å². The topological polar surface area (TPSA) is 64.6 Å². The summed E-state index contributed by atoms with van der Waals surface area (Å²) in [6.07, 6.45) is 0. The molecule has 26 heavy (non-hydrogen) atoms. The number of benzene rings is 3. The summed E-state index contributed by atoms with van der Waals surface area (Å²) in [4.78, 5) is 24.2. The van der Waals surface area contributed by atoms with Gasteiger partial charge in [-0.05, 0) is 57.0 Å². The van der Waals surface area contributed by atoms with Crippen molar-refractivity contribution in [2.24, 2.45) is 0 Å². The fourth-order valence-corrected chi connectivity index (χ4v) is 3.40. The summed E-state index contributed by atoms with van der Waals surface area (Å²) in [5, 5.41) is 4.70. The maximum Gasteiger partial charge on any atom is 0.337 e. The third-order valence-corrected chi connectivity index (χ3v) is 4.74. The van der Waals surface area contributed by atoms with Gasteiger partial charge in [-0.3, -0.25) is 4.79 Å². The fourth-order valence-electron chi connectivity index (χ4n) is 2.66. The number of hydrogen-bond donors (Lipinski definition) is 1. The molecule has 0 aliphatic rings. The number of rotatable bonds is 4. The van der Waals surface area contributed by atoms with Gasteiger partial charge in [-0.25, -0.2) is 4.79 Å². The maximum absolute atomic E-state index is 12.8. The Bertz CT molecular complexity index is 983. The Labute approximate surface area is 159 Å². The molecule has 0 saturated carbocycles. The number of fused-ring (bicyclic) bond motifs is 1. The van der Waals surface area contributed by atoms with Crippen molar-refractivity contribution in [2.75, 3.05) is 19.5 Å². The zero-order valence-corrected chi connectivity index (χ0v) is 15.8. The molecule has 0 heterocycles. The molecule has 0 saturated heterocycles. The van der Waals surface area contributed by atoms with Crippen LogP contribution in [0.25, 0.3) is 10.8 Å². The van der Waals surface area contributed by atoms with E-state index in [4.69, 9.17) is 4.74 Å². The van der Waals surface area contributed by atoms with E-state index in [1.165, 1.54) is 14.2 Å². The number of hydrogen-bond acceptors (Lipinski definition) is 4. The van der Waals surface area contributed by atoms with Gasteiger partial charge in [-0.1, -0.05) is 24.3 Å². The van der Waals surface area contributed by atoms with Gasteiger partial charge in [0.15, 0.2) is 0 Å². The summed E-state index contributed by atoms with van der Waals surface area (Å²) in [6.45, 7) is 0. The zero-order valence-electron chi connectivity index (χ0n) is 14.2. The Balaban J connectivity index is 1.93. The predicted molar refractivity (Wildman–Crippen MR) is 104 cm³/mol. The summed E-state index contributed by atoms with van der Waals surface area (Å²) in [5.74, 6) is -0.269. The van der Waals surface area contributed by atoms with Gasteiger partial charge in [0.05, 0.1) is 29.8 Å². The van der Waals surface area contributed by atoms with Crippen LogP contribution in [0.15, 0.2) is 59.1 Å². The largest absolute Gasteiger partial charge is 0.495 e. The molecule has 5 nitrogen and oxygen atoms in total. The highest BCUT2D eigenvalue weighted by Crippen LogP contribution is 2.36. The number of esters is 1. The van der Waals surface area contributed by atoms with Gasteiger partial charge in [0, 0.05) is 5.69 Å². The number of ether oxygens (including phenoxy) is 2. The van der Waals surface area contributed by atoms with Crippen molar-refractivity contribution in [3.63, 3.8) is 0 Å². The number of carbonyl (C=O) groups is 2. The highest BCUT2D eigenvalue weighted by atomic mass is 79.9. The molecule has 3 aromatic rings. The van der Waals surface area contributed by atoms with Crippen molar-refractivity contribution >= 4 is 44.3 Å². The summed E-state index contributed by atoms with van der Waals surface area (Å²) < 4.78 is 10.8. The predicted octanol–water partition coefficient (Wildman–Crippen LogP) is 4.65. The van der Waals surface area contributed by atoms with Gasteiger partial charge < -0.3 is 14.8 Å². The average molecular weight is 414 g/mol. The molecular formula is C20H16BrNO4. The number of carbonyl (C=O) groups excluding carboxylic acids is 2. The number of methoxy groups -OCH3 is 2. The van der Waals surface area contributed by atoms with Crippen LogP contribution in [0.4, 0.5) is 5.69 Å². The van der Waals surface area contributed by atoms with Crippen LogP contribution in [0.2, 0.25) is 0 Å². The first kappa shape index (κ1) is 17.9. The van der Waals surface area contributed by atoms with E-state index >= 15 is 0 Å². The van der Waals surface area contributed by atoms with E-state index in [-0.39, 0.29) is 5.91 Å². The molecule has 3 rings (SSSR count). The van der Waals surface area contributed by atoms with E-state index in [0.29, 0.717) is 22.6 Å². The Kier molecular flexibility index (Phi) is 5.23. The second-order valence-electron chi connectivity index (χ2n) is 5.52. The molecule has 1 amide bonds. The molecule has 3 aromatic carbocycles. The highest BCUT2D eigenvalue weighted by Gasteiger charge is 2.18. The molecule has 0 atom stereocenters. The lowest BCUT2D eigenvalue weighted by atomic mass is 10.0. The molecular weight excluding hydrogens is 398 g/mol. The quantitative estimate of drug-likeness (QED) is 0.632. The van der Waals surface area contributed by atoms with Crippen molar-refractivity contribution in [2.45, 2.75) is 0 Å². The van der Waals surface area contributed by atoms with Crippen molar-refractivity contribution in [1.82, 2.24) is 0 Å². The standard InChI is InChI=1S/C20H16BrNO4/c1-25-18-16(11-13-5-3-4-6-15(13)17(18)21)19(23)22-14-9-7-12(8-10-14)20(24)26-2/h3-11H,1-2H3,(H,22,23). The Morgan fingerprint density at radius 3 is 2.35 bits per heavy atom. The lowest BCUT2D eigenvalue weighted by Crippen LogP contribution is -2.14. The van der Waals surface area contributed by atoms with Crippen molar-refractivity contribution in [3.8, 4) is 5.75 Å². The first-order valence-corrected chi connectivity index (χ1v) is 8.59. The highest BCUT2D eigenvalue weighted by molar-refractivity contribution is 9.10. The molecule has 1 N–H and O–H groups in total. The first-order chi connectivity index (χ1) is 12.5. The lowest BCUT2D eigenvalue weighted by molar-refractivity contribution is 0.0600. The maximum atomic E-state index is 12.8. The summed E-state index contributed by atoms with van der Waals surface area (Å²) in [7, 11) is 2.85. The van der Waals surface area contributed by atoms with Crippen LogP contribution in [0.1, 0.15) is 20.7 Å². The number of halogens is 1. The normalized spacial score (nSPS) is 10.4. The third kappa shape index (κ3) is 3.41. The molecule has 0 unspecified atom stereocenters. The first-order valence-electron chi connectivity index (χ1n) is 7.80. The monoisotopic (exact) mass is 413 g/mol. The summed E-state index contributed by atoms with van der Waals surface area (Å²) in [6, 6.07) is 16.0. The molecule has 0 fully saturated rings. The van der Waals surface area contributed by atoms with Gasteiger partial charge in [0.2, 0.25) is 0 Å². The van der Waals surface area contributed by atoms with E-state index in [1.807, 2.05) is 24.3 Å². The van der Waals surface area contributed by atoms with Crippen LogP contribution in [-0.4, -0.2) is 26.1 Å². The number of nitrogens with one attached hydrogen (secondary N) is 1. The van der Waals surface area contributed by atoms with E-state index in [0.717, 1.165) is 15.2 Å². The van der Waals surface area contributed by atoms with Gasteiger partial charge in [0.1, 0.15) is 5.75 Å². The third-order valence-electron chi connectivity index (χ3n) is 3.95. The lowest BCUT2D eigenvalue weighted by Gasteiger charge is -2.13. The Morgan fingerprint density at radius 2 is 1.69 bits per heavy atom. The molecule has 0 aliphatic heterocycles. The molecule has 0 aromatic heterocycles. The van der Waals surface area contributed by atoms with Crippen LogP contribution in [0.3, 0.4) is 0 Å². The molecule has 0 aliphatic carbocycles. The number of anilines is 1. The Morgan fingerprint density at radius 1 is 1.00 bits per heavy atom. The smallest absolute Gasteiger partial charge is 0.337 e. The minimum Gasteiger partial charge on any atom is -0.495 e. The summed E-state index contributed by atoms with van der Waals surface area (Å²) >= 11 is 3.52. The number of amides is 1. The van der Waals surface area contributed by atoms with Crippen molar-refractivity contribution in [1.29, 1.82) is 0 Å². The molecule has 6 heteroatoms. The molecule has 0 spiro atoms. The van der Waals surface area contributed by atoms with E-state index in [2.05, 4.69) is 26.0 Å². The molecule has 0 radical (unpaired) electrons. The van der Waals surface area contributed by atoms with Gasteiger partial charge in [0.25, 0.3) is 5.91 Å². The van der Waals surface area contributed by atoms with Crippen LogP contribution in [-0.2, 0) is 4.74 Å². The fraction of sp³-hybridized carbons (Fsp3) is 0.100. The second-order valence-corrected chi connectivity index (χ2v) is 6.31. The van der Waals surface area contributed by atoms with Crippen LogP contribution in [0.5, 0.6) is 5.75 Å². The van der Waals surface area contributed by atoms with Crippen LogP contribution in [0, 0.1) is 0 Å². The molecule has 0 bridgehead atoms. The van der Waals surface area contributed by atoms with Crippen molar-refractivity contribution < 1.29 is 19.1 Å². The molecule has 132 valence electrons. The minimum absolute atomic E-state index is 0.306.